The van der Waals surface area contributed by atoms with Crippen molar-refractivity contribution in [3.63, 3.8) is 0 Å². The highest BCUT2D eigenvalue weighted by Crippen LogP contribution is 2.34. The molecule has 190 valence electrons. The van der Waals surface area contributed by atoms with Gasteiger partial charge in [-0.15, -0.1) is 10.2 Å². The zero-order valence-corrected chi connectivity index (χ0v) is 20.1. The molecular weight excluding hydrogens is 475 g/mol. The predicted molar refractivity (Wildman–Crippen MR) is 128 cm³/mol. The number of halogens is 3. The van der Waals surface area contributed by atoms with Crippen molar-refractivity contribution in [1.82, 2.24) is 15.2 Å². The summed E-state index contributed by atoms with van der Waals surface area (Å²) in [5.74, 6) is -0.270. The lowest BCUT2D eigenvalue weighted by Gasteiger charge is -2.35. The molecule has 1 atom stereocenters. The van der Waals surface area contributed by atoms with E-state index in [1.165, 1.54) is 18.3 Å². The van der Waals surface area contributed by atoms with Gasteiger partial charge in [-0.1, -0.05) is 6.07 Å². The number of ether oxygens (including phenoxy) is 2. The highest BCUT2D eigenvalue weighted by atomic mass is 19.4. The van der Waals surface area contributed by atoms with Crippen molar-refractivity contribution in [2.45, 2.75) is 33.0 Å². The number of hydrogen-bond donors (Lipinski definition) is 1. The number of benzene rings is 1. The number of carbonyl (C=O) groups excluding carboxylic acids is 1. The van der Waals surface area contributed by atoms with Crippen molar-refractivity contribution in [2.24, 2.45) is 0 Å². The summed E-state index contributed by atoms with van der Waals surface area (Å²) in [7, 11) is 0. The molecule has 0 spiro atoms. The van der Waals surface area contributed by atoms with Crippen LogP contribution in [0.1, 0.15) is 35.5 Å². The first-order valence-corrected chi connectivity index (χ1v) is 11.5. The molecule has 0 bridgehead atoms. The number of carbonyl (C=O) groups is 1. The number of anilines is 2. The Morgan fingerprint density at radius 1 is 1.25 bits per heavy atom. The van der Waals surface area contributed by atoms with Gasteiger partial charge >= 0.3 is 6.18 Å². The first-order valence-electron chi connectivity index (χ1n) is 11.5. The first kappa shape index (κ1) is 25.4. The molecule has 0 saturated carbocycles. The summed E-state index contributed by atoms with van der Waals surface area (Å²) in [6.45, 7) is 7.95. The van der Waals surface area contributed by atoms with Crippen molar-refractivity contribution in [1.29, 1.82) is 0 Å². The van der Waals surface area contributed by atoms with E-state index in [2.05, 4.69) is 25.4 Å². The van der Waals surface area contributed by atoms with Crippen LogP contribution in [0.3, 0.4) is 0 Å². The van der Waals surface area contributed by atoms with Gasteiger partial charge in [-0.05, 0) is 51.1 Å². The van der Waals surface area contributed by atoms with Crippen LogP contribution in [-0.2, 0) is 10.9 Å². The second-order valence-electron chi connectivity index (χ2n) is 8.36. The maximum absolute atomic E-state index is 13.0. The van der Waals surface area contributed by atoms with Gasteiger partial charge in [0.2, 0.25) is 0 Å². The number of morpholine rings is 1. The molecule has 36 heavy (non-hydrogen) atoms. The summed E-state index contributed by atoms with van der Waals surface area (Å²) in [6, 6.07) is 7.88. The Hall–Kier alpha value is -3.73. The van der Waals surface area contributed by atoms with E-state index in [9.17, 15) is 18.0 Å². The molecule has 1 aliphatic rings. The van der Waals surface area contributed by atoms with Gasteiger partial charge in [-0.3, -0.25) is 9.78 Å². The third kappa shape index (κ3) is 5.56. The maximum atomic E-state index is 13.0. The Bertz CT molecular complexity index is 1250. The summed E-state index contributed by atoms with van der Waals surface area (Å²) in [6.07, 6.45) is -3.10. The van der Waals surface area contributed by atoms with Crippen LogP contribution >= 0.6 is 0 Å². The summed E-state index contributed by atoms with van der Waals surface area (Å²) in [5, 5.41) is 11.2. The Labute approximate surface area is 206 Å². The average Bonchev–Trinajstić information content (AvgIpc) is 2.86. The molecular formula is C25H26F3N5O3. The minimum Gasteiger partial charge on any atom is -0.475 e. The van der Waals surface area contributed by atoms with Crippen LogP contribution in [-0.4, -0.2) is 53.5 Å². The summed E-state index contributed by atoms with van der Waals surface area (Å²) in [5.41, 5.74) is 1.86. The number of hydrogen-bond acceptors (Lipinski definition) is 7. The number of aromatic nitrogens is 3. The number of rotatable bonds is 6. The van der Waals surface area contributed by atoms with E-state index in [4.69, 9.17) is 9.47 Å². The minimum atomic E-state index is -4.54. The molecule has 2 aromatic heterocycles. The molecule has 4 rings (SSSR count). The van der Waals surface area contributed by atoms with E-state index in [0.717, 1.165) is 17.8 Å². The van der Waals surface area contributed by atoms with Crippen molar-refractivity contribution in [2.75, 3.05) is 36.6 Å². The largest absolute Gasteiger partial charge is 0.475 e. The monoisotopic (exact) mass is 501 g/mol. The van der Waals surface area contributed by atoms with Crippen LogP contribution in [0.5, 0.6) is 5.88 Å². The normalized spacial score (nSPS) is 16.1. The van der Waals surface area contributed by atoms with E-state index < -0.39 is 17.6 Å². The quantitative estimate of drug-likeness (QED) is 0.522. The molecule has 1 aliphatic heterocycles. The highest BCUT2D eigenvalue weighted by molar-refractivity contribution is 6.04. The summed E-state index contributed by atoms with van der Waals surface area (Å²) >= 11 is 0. The Morgan fingerprint density at radius 3 is 2.78 bits per heavy atom. The summed E-state index contributed by atoms with van der Waals surface area (Å²) in [4.78, 5) is 19.2. The number of pyridine rings is 1. The summed E-state index contributed by atoms with van der Waals surface area (Å²) < 4.78 is 50.4. The smallest absolute Gasteiger partial charge is 0.416 e. The van der Waals surface area contributed by atoms with Crippen LogP contribution in [0.2, 0.25) is 0 Å². The topological polar surface area (TPSA) is 89.5 Å². The van der Waals surface area contributed by atoms with Gasteiger partial charge in [0.15, 0.2) is 0 Å². The van der Waals surface area contributed by atoms with E-state index in [1.807, 2.05) is 19.9 Å². The third-order valence-corrected chi connectivity index (χ3v) is 5.77. The number of amides is 1. The number of aryl methyl sites for hydroxylation is 1. The number of nitrogens with one attached hydrogen (secondary N) is 1. The lowest BCUT2D eigenvalue weighted by atomic mass is 10.1. The maximum Gasteiger partial charge on any atom is 0.416 e. The molecule has 0 radical (unpaired) electrons. The van der Waals surface area contributed by atoms with Crippen molar-refractivity contribution < 1.29 is 27.4 Å². The molecule has 1 amide bonds. The van der Waals surface area contributed by atoms with Gasteiger partial charge in [0, 0.05) is 29.4 Å². The van der Waals surface area contributed by atoms with Crippen LogP contribution in [0.4, 0.5) is 24.5 Å². The molecule has 8 nitrogen and oxygen atoms in total. The van der Waals surface area contributed by atoms with Crippen LogP contribution in [0.25, 0.3) is 11.3 Å². The zero-order chi connectivity index (χ0) is 25.9. The predicted octanol–water partition coefficient (Wildman–Crippen LogP) is 4.74. The van der Waals surface area contributed by atoms with Gasteiger partial charge in [0.1, 0.15) is 5.69 Å². The van der Waals surface area contributed by atoms with E-state index in [1.54, 1.807) is 13.0 Å². The van der Waals surface area contributed by atoms with Crippen molar-refractivity contribution >= 4 is 17.3 Å². The molecule has 0 aliphatic carbocycles. The fraction of sp³-hybridized carbons (Fsp3) is 0.360. The molecule has 1 N–H and O–H groups in total. The fourth-order valence-corrected chi connectivity index (χ4v) is 3.93. The van der Waals surface area contributed by atoms with E-state index in [0.29, 0.717) is 54.9 Å². The van der Waals surface area contributed by atoms with Crippen LogP contribution in [0.15, 0.2) is 42.6 Å². The fourth-order valence-electron chi connectivity index (χ4n) is 3.93. The zero-order valence-electron chi connectivity index (χ0n) is 20.1. The van der Waals surface area contributed by atoms with Gasteiger partial charge in [0.25, 0.3) is 11.8 Å². The Kier molecular flexibility index (Phi) is 7.39. The second kappa shape index (κ2) is 10.5. The molecule has 1 fully saturated rings. The molecule has 3 aromatic rings. The Balaban J connectivity index is 1.65. The number of alkyl halides is 3. The first-order chi connectivity index (χ1) is 17.2. The molecule has 11 heteroatoms. The van der Waals surface area contributed by atoms with E-state index >= 15 is 0 Å². The number of nitrogens with zero attached hydrogens (tertiary/aromatic N) is 4. The Morgan fingerprint density at radius 2 is 2.06 bits per heavy atom. The molecule has 1 saturated heterocycles. The highest BCUT2D eigenvalue weighted by Gasteiger charge is 2.31. The lowest BCUT2D eigenvalue weighted by molar-refractivity contribution is -0.137. The van der Waals surface area contributed by atoms with Gasteiger partial charge < -0.3 is 19.7 Å². The van der Waals surface area contributed by atoms with Crippen LogP contribution in [0, 0.1) is 6.92 Å². The van der Waals surface area contributed by atoms with Crippen LogP contribution < -0.4 is 15.0 Å². The van der Waals surface area contributed by atoms with E-state index in [-0.39, 0.29) is 11.6 Å². The van der Waals surface area contributed by atoms with Gasteiger partial charge in [0.05, 0.1) is 43.0 Å². The van der Waals surface area contributed by atoms with Crippen molar-refractivity contribution in [3.8, 4) is 17.1 Å². The van der Waals surface area contributed by atoms with Gasteiger partial charge in [-0.2, -0.15) is 13.2 Å². The molecule has 3 heterocycles. The van der Waals surface area contributed by atoms with Crippen molar-refractivity contribution in [3.05, 3.63) is 59.4 Å². The SMILES string of the molecule is CCOc1nnc(-c2cc(NC(=O)c3cccc(C(F)(F)F)c3)cnc2C)cc1N1CCOCC1C. The molecule has 1 unspecified atom stereocenters. The third-order valence-electron chi connectivity index (χ3n) is 5.77. The molecule has 1 aromatic carbocycles. The minimum absolute atomic E-state index is 0.104. The standard InChI is InChI=1S/C25H26F3N5O3/c1-4-36-24-22(33-8-9-35-14-15(33)2)12-21(31-32-24)20-11-19(13-29-16(20)3)30-23(34)17-6-5-7-18(10-17)25(26,27)28/h5-7,10-13,15H,4,8-9,14H2,1-3H3,(H,30,34). The second-order valence-corrected chi connectivity index (χ2v) is 8.36. The van der Waals surface area contributed by atoms with Gasteiger partial charge in [-0.25, -0.2) is 0 Å². The average molecular weight is 502 g/mol. The lowest BCUT2D eigenvalue weighted by Crippen LogP contribution is -2.44.